The molecule has 2 heterocycles. The first kappa shape index (κ1) is 16.4. The summed E-state index contributed by atoms with van der Waals surface area (Å²) < 4.78 is 0. The predicted octanol–water partition coefficient (Wildman–Crippen LogP) is 3.91. The van der Waals surface area contributed by atoms with Crippen molar-refractivity contribution in [1.29, 1.82) is 0 Å². The van der Waals surface area contributed by atoms with E-state index in [-0.39, 0.29) is 5.91 Å². The second-order valence-corrected chi connectivity index (χ2v) is 6.73. The SMILES string of the molecule is Cc1cc(C)c2c(N)c(C(=O)N/N=C\c3ccccc3Cl)sc2n1. The van der Waals surface area contributed by atoms with Gasteiger partial charge in [0.15, 0.2) is 0 Å². The standard InChI is InChI=1S/C17H15ClN4OS/c1-9-7-10(2)21-17-13(9)14(19)15(24-17)16(23)22-20-8-11-5-3-4-6-12(11)18/h3-8H,19H2,1-2H3,(H,22,23)/b20-8-. The molecule has 1 amide bonds. The maximum absolute atomic E-state index is 12.4. The lowest BCUT2D eigenvalue weighted by Gasteiger charge is -2.00. The van der Waals surface area contributed by atoms with Gasteiger partial charge >= 0.3 is 0 Å². The number of hydrazone groups is 1. The molecule has 3 N–H and O–H groups in total. The van der Waals surface area contributed by atoms with E-state index in [0.717, 1.165) is 27.0 Å². The summed E-state index contributed by atoms with van der Waals surface area (Å²) in [6, 6.07) is 9.18. The Labute approximate surface area is 148 Å². The van der Waals surface area contributed by atoms with Crippen LogP contribution < -0.4 is 11.2 Å². The highest BCUT2D eigenvalue weighted by atomic mass is 35.5. The van der Waals surface area contributed by atoms with Crippen LogP contribution in [0.4, 0.5) is 5.69 Å². The second kappa shape index (κ2) is 6.59. The van der Waals surface area contributed by atoms with Crippen molar-refractivity contribution < 1.29 is 4.79 Å². The lowest BCUT2D eigenvalue weighted by Crippen LogP contribution is -2.17. The molecule has 5 nitrogen and oxygen atoms in total. The van der Waals surface area contributed by atoms with Crippen LogP contribution in [0.15, 0.2) is 35.4 Å². The molecule has 3 rings (SSSR count). The minimum Gasteiger partial charge on any atom is -0.397 e. The second-order valence-electron chi connectivity index (χ2n) is 5.33. The van der Waals surface area contributed by atoms with Crippen molar-refractivity contribution in [3.05, 3.63) is 57.1 Å². The van der Waals surface area contributed by atoms with E-state index in [9.17, 15) is 4.79 Å². The summed E-state index contributed by atoms with van der Waals surface area (Å²) in [4.78, 5) is 18.0. The van der Waals surface area contributed by atoms with Crippen LogP contribution in [0.25, 0.3) is 10.2 Å². The summed E-state index contributed by atoms with van der Waals surface area (Å²) in [6.45, 7) is 3.87. The first-order valence-corrected chi connectivity index (χ1v) is 8.41. The summed E-state index contributed by atoms with van der Waals surface area (Å²) in [5, 5.41) is 5.34. The number of pyridine rings is 1. The number of anilines is 1. The van der Waals surface area contributed by atoms with Gasteiger partial charge in [0, 0.05) is 21.7 Å². The number of benzene rings is 1. The Morgan fingerprint density at radius 1 is 1.38 bits per heavy atom. The number of rotatable bonds is 3. The molecule has 122 valence electrons. The maximum Gasteiger partial charge on any atom is 0.283 e. The molecule has 0 unspecified atom stereocenters. The molecule has 2 aromatic heterocycles. The molecule has 0 bridgehead atoms. The molecular formula is C17H15ClN4OS. The smallest absolute Gasteiger partial charge is 0.283 e. The van der Waals surface area contributed by atoms with Crippen molar-refractivity contribution in [3.63, 3.8) is 0 Å². The lowest BCUT2D eigenvalue weighted by molar-refractivity contribution is 0.0960. The average Bonchev–Trinajstić information content (AvgIpc) is 2.86. The molecule has 0 atom stereocenters. The Morgan fingerprint density at radius 3 is 2.88 bits per heavy atom. The first-order valence-electron chi connectivity index (χ1n) is 7.21. The molecule has 0 fully saturated rings. The lowest BCUT2D eigenvalue weighted by atomic mass is 10.1. The van der Waals surface area contributed by atoms with E-state index in [1.54, 1.807) is 6.07 Å². The molecule has 0 aliphatic heterocycles. The van der Waals surface area contributed by atoms with Gasteiger partial charge in [-0.3, -0.25) is 4.79 Å². The van der Waals surface area contributed by atoms with Crippen LogP contribution in [0.1, 0.15) is 26.5 Å². The molecule has 0 saturated carbocycles. The van der Waals surface area contributed by atoms with Crippen LogP contribution >= 0.6 is 22.9 Å². The number of amides is 1. The predicted molar refractivity (Wildman–Crippen MR) is 100 cm³/mol. The van der Waals surface area contributed by atoms with Crippen molar-refractivity contribution in [2.75, 3.05) is 5.73 Å². The number of aryl methyl sites for hydroxylation is 2. The summed E-state index contributed by atoms with van der Waals surface area (Å²) >= 11 is 7.30. The number of nitrogens with two attached hydrogens (primary N) is 1. The van der Waals surface area contributed by atoms with Crippen molar-refractivity contribution >= 4 is 51.0 Å². The quantitative estimate of drug-likeness (QED) is 0.550. The van der Waals surface area contributed by atoms with Gasteiger partial charge in [0.1, 0.15) is 9.71 Å². The number of nitrogen functional groups attached to an aromatic ring is 1. The monoisotopic (exact) mass is 358 g/mol. The Balaban J connectivity index is 1.86. The maximum atomic E-state index is 12.4. The van der Waals surface area contributed by atoms with E-state index >= 15 is 0 Å². The van der Waals surface area contributed by atoms with E-state index in [0.29, 0.717) is 15.6 Å². The summed E-state index contributed by atoms with van der Waals surface area (Å²) in [5.41, 5.74) is 11.7. The number of hydrogen-bond acceptors (Lipinski definition) is 5. The number of carbonyl (C=O) groups excluding carboxylic acids is 1. The van der Waals surface area contributed by atoms with E-state index in [2.05, 4.69) is 15.5 Å². The Hall–Kier alpha value is -2.44. The first-order chi connectivity index (χ1) is 11.5. The third-order valence-corrected chi connectivity index (χ3v) is 4.95. The number of aromatic nitrogens is 1. The van der Waals surface area contributed by atoms with E-state index < -0.39 is 0 Å². The van der Waals surface area contributed by atoms with E-state index in [4.69, 9.17) is 17.3 Å². The molecule has 0 spiro atoms. The number of nitrogens with zero attached hydrogens (tertiary/aromatic N) is 2. The van der Waals surface area contributed by atoms with Gasteiger partial charge in [-0.2, -0.15) is 5.10 Å². The largest absolute Gasteiger partial charge is 0.397 e. The molecule has 0 aliphatic rings. The zero-order valence-corrected chi connectivity index (χ0v) is 14.7. The van der Waals surface area contributed by atoms with Crippen LogP contribution in [0, 0.1) is 13.8 Å². The van der Waals surface area contributed by atoms with Crippen LogP contribution in [-0.4, -0.2) is 17.1 Å². The fourth-order valence-corrected chi connectivity index (χ4v) is 3.72. The summed E-state index contributed by atoms with van der Waals surface area (Å²) in [6.07, 6.45) is 1.50. The molecule has 7 heteroatoms. The van der Waals surface area contributed by atoms with Gasteiger partial charge in [-0.25, -0.2) is 10.4 Å². The van der Waals surface area contributed by atoms with Gasteiger partial charge < -0.3 is 5.73 Å². The van der Waals surface area contributed by atoms with Crippen LogP contribution in [0.2, 0.25) is 5.02 Å². The third kappa shape index (κ3) is 3.11. The van der Waals surface area contributed by atoms with Crippen molar-refractivity contribution in [2.45, 2.75) is 13.8 Å². The molecule has 1 aromatic carbocycles. The zero-order chi connectivity index (χ0) is 17.3. The Morgan fingerprint density at radius 2 is 2.12 bits per heavy atom. The number of fused-ring (bicyclic) bond motifs is 1. The fraction of sp³-hybridized carbons (Fsp3) is 0.118. The number of halogens is 1. The van der Waals surface area contributed by atoms with Crippen LogP contribution in [-0.2, 0) is 0 Å². The van der Waals surface area contributed by atoms with Gasteiger partial charge in [-0.1, -0.05) is 29.8 Å². The number of nitrogens with one attached hydrogen (secondary N) is 1. The summed E-state index contributed by atoms with van der Waals surface area (Å²) in [7, 11) is 0. The van der Waals surface area contributed by atoms with Gasteiger partial charge in [0.05, 0.1) is 11.9 Å². The number of hydrogen-bond donors (Lipinski definition) is 2. The van der Waals surface area contributed by atoms with Crippen molar-refractivity contribution in [1.82, 2.24) is 10.4 Å². The van der Waals surface area contributed by atoms with Gasteiger partial charge in [0.25, 0.3) is 5.91 Å². The highest BCUT2D eigenvalue weighted by Gasteiger charge is 2.18. The van der Waals surface area contributed by atoms with Crippen LogP contribution in [0.5, 0.6) is 0 Å². The van der Waals surface area contributed by atoms with Gasteiger partial charge in [-0.15, -0.1) is 11.3 Å². The molecule has 24 heavy (non-hydrogen) atoms. The fourth-order valence-electron chi connectivity index (χ4n) is 2.43. The van der Waals surface area contributed by atoms with Crippen LogP contribution in [0.3, 0.4) is 0 Å². The summed E-state index contributed by atoms with van der Waals surface area (Å²) in [5.74, 6) is -0.365. The minimum absolute atomic E-state index is 0.365. The average molecular weight is 359 g/mol. The Kier molecular flexibility index (Phi) is 4.51. The number of carbonyl (C=O) groups is 1. The number of thiophene rings is 1. The molecule has 0 saturated heterocycles. The molecule has 3 aromatic rings. The normalized spacial score (nSPS) is 11.3. The van der Waals surface area contributed by atoms with Gasteiger partial charge in [-0.05, 0) is 31.5 Å². The minimum atomic E-state index is -0.365. The Bertz CT molecular complexity index is 965. The highest BCUT2D eigenvalue weighted by molar-refractivity contribution is 7.21. The molecule has 0 radical (unpaired) electrons. The van der Waals surface area contributed by atoms with Crippen molar-refractivity contribution in [2.24, 2.45) is 5.10 Å². The van der Waals surface area contributed by atoms with E-state index in [1.807, 2.05) is 38.1 Å². The topological polar surface area (TPSA) is 80.4 Å². The zero-order valence-electron chi connectivity index (χ0n) is 13.1. The van der Waals surface area contributed by atoms with Crippen molar-refractivity contribution in [3.8, 4) is 0 Å². The highest BCUT2D eigenvalue weighted by Crippen LogP contribution is 2.34. The third-order valence-electron chi connectivity index (χ3n) is 3.51. The molecule has 0 aliphatic carbocycles. The van der Waals surface area contributed by atoms with E-state index in [1.165, 1.54) is 17.6 Å². The molecular weight excluding hydrogens is 344 g/mol. The van der Waals surface area contributed by atoms with Gasteiger partial charge in [0.2, 0.25) is 0 Å².